The Morgan fingerprint density at radius 1 is 0.867 bits per heavy atom. The molecule has 0 saturated carbocycles. The number of aryl methyl sites for hydroxylation is 1. The minimum absolute atomic E-state index is 0.0966. The van der Waals surface area contributed by atoms with E-state index in [1.807, 2.05) is 54.8 Å². The van der Waals surface area contributed by atoms with Gasteiger partial charge < -0.3 is 16.0 Å². The van der Waals surface area contributed by atoms with E-state index in [2.05, 4.69) is 20.9 Å². The molecule has 226 valence electrons. The van der Waals surface area contributed by atoms with Crippen LogP contribution in [0.4, 0.5) is 10.8 Å². The van der Waals surface area contributed by atoms with E-state index in [-0.39, 0.29) is 17.4 Å². The summed E-state index contributed by atoms with van der Waals surface area (Å²) in [5.74, 6) is -0.976. The monoisotopic (exact) mass is 672 g/mol. The Labute approximate surface area is 278 Å². The van der Waals surface area contributed by atoms with Gasteiger partial charge in [-0.25, -0.2) is 4.98 Å². The second-order valence-electron chi connectivity index (χ2n) is 9.72. The van der Waals surface area contributed by atoms with Gasteiger partial charge in [0.15, 0.2) is 5.13 Å². The van der Waals surface area contributed by atoms with Crippen molar-refractivity contribution in [1.29, 1.82) is 0 Å². The van der Waals surface area contributed by atoms with Gasteiger partial charge in [0.1, 0.15) is 5.70 Å². The molecule has 4 aromatic carbocycles. The summed E-state index contributed by atoms with van der Waals surface area (Å²) in [6.07, 6.45) is 1.65. The van der Waals surface area contributed by atoms with Gasteiger partial charge in [-0.05, 0) is 66.6 Å². The van der Waals surface area contributed by atoms with Gasteiger partial charge in [0.25, 0.3) is 11.8 Å². The first kappa shape index (κ1) is 32.0. The fourth-order valence-electron chi connectivity index (χ4n) is 4.13. The first-order chi connectivity index (χ1) is 21.7. The average molecular weight is 674 g/mol. The number of carbonyl (C=O) groups excluding carboxylic acids is 3. The molecule has 11 heteroatoms. The highest BCUT2D eigenvalue weighted by atomic mass is 35.5. The Balaban J connectivity index is 1.23. The van der Waals surface area contributed by atoms with Crippen molar-refractivity contribution in [3.63, 3.8) is 0 Å². The predicted octanol–water partition coefficient (Wildman–Crippen LogP) is 8.57. The fourth-order valence-corrected chi connectivity index (χ4v) is 5.92. The normalized spacial score (nSPS) is 11.1. The van der Waals surface area contributed by atoms with E-state index in [1.165, 1.54) is 23.1 Å². The third-order valence-electron chi connectivity index (χ3n) is 6.44. The third-order valence-corrected chi connectivity index (χ3v) is 8.94. The molecule has 0 spiro atoms. The fraction of sp³-hybridized carbons (Fsp3) is 0.0588. The number of hydrogen-bond donors (Lipinski definition) is 3. The van der Waals surface area contributed by atoms with E-state index in [4.69, 9.17) is 23.2 Å². The molecule has 45 heavy (non-hydrogen) atoms. The molecule has 0 unspecified atom stereocenters. The number of hydrogen-bond acceptors (Lipinski definition) is 6. The first-order valence-corrected chi connectivity index (χ1v) is 16.3. The van der Waals surface area contributed by atoms with E-state index >= 15 is 0 Å². The highest BCUT2D eigenvalue weighted by Gasteiger charge is 2.16. The van der Waals surface area contributed by atoms with Crippen molar-refractivity contribution in [3.8, 4) is 11.3 Å². The summed E-state index contributed by atoms with van der Waals surface area (Å²) in [7, 11) is 0. The Bertz CT molecular complexity index is 1890. The van der Waals surface area contributed by atoms with Gasteiger partial charge in [0, 0.05) is 27.1 Å². The molecule has 1 aromatic heterocycles. The van der Waals surface area contributed by atoms with E-state index < -0.39 is 11.8 Å². The molecule has 0 aliphatic rings. The first-order valence-electron chi connectivity index (χ1n) is 13.6. The highest BCUT2D eigenvalue weighted by Crippen LogP contribution is 2.31. The maximum atomic E-state index is 13.4. The van der Waals surface area contributed by atoms with Crippen molar-refractivity contribution in [2.24, 2.45) is 0 Å². The van der Waals surface area contributed by atoms with E-state index in [9.17, 15) is 14.4 Å². The topological polar surface area (TPSA) is 100 Å². The molecule has 7 nitrogen and oxygen atoms in total. The standard InChI is InChI=1S/C34H26Cl2N4O3S2/c1-21-8-5-6-11-23(21)17-29(38-32(42)22-9-3-2-4-10-22)33(43)37-25-12-7-13-26(18-25)44-20-31(41)40-34-39-30(19-45-34)24-14-15-27(35)28(36)16-24/h2-19H,20H2,1H3,(H,37,43)(H,38,42)(H,39,40,41)/b29-17-. The van der Waals surface area contributed by atoms with E-state index in [0.29, 0.717) is 32.1 Å². The molecule has 0 fully saturated rings. The molecule has 0 aliphatic carbocycles. The lowest BCUT2D eigenvalue weighted by Gasteiger charge is -2.13. The van der Waals surface area contributed by atoms with Crippen LogP contribution in [0.2, 0.25) is 10.0 Å². The number of benzene rings is 4. The molecule has 0 saturated heterocycles. The van der Waals surface area contributed by atoms with Crippen LogP contribution in [0.25, 0.3) is 17.3 Å². The smallest absolute Gasteiger partial charge is 0.272 e. The predicted molar refractivity (Wildman–Crippen MR) is 185 cm³/mol. The molecule has 5 aromatic rings. The maximum absolute atomic E-state index is 13.4. The Hall–Kier alpha value is -4.41. The summed E-state index contributed by atoms with van der Waals surface area (Å²) >= 11 is 14.7. The van der Waals surface area contributed by atoms with Crippen LogP contribution < -0.4 is 16.0 Å². The number of carbonyl (C=O) groups is 3. The van der Waals surface area contributed by atoms with Crippen LogP contribution in [0.3, 0.4) is 0 Å². The zero-order valence-corrected chi connectivity index (χ0v) is 27.0. The van der Waals surface area contributed by atoms with Crippen LogP contribution in [0.5, 0.6) is 0 Å². The number of thiazole rings is 1. The number of amides is 3. The van der Waals surface area contributed by atoms with Crippen LogP contribution in [-0.4, -0.2) is 28.5 Å². The molecule has 0 bridgehead atoms. The summed E-state index contributed by atoms with van der Waals surface area (Å²) in [4.78, 5) is 44.3. The number of nitrogens with one attached hydrogen (secondary N) is 3. The van der Waals surface area contributed by atoms with Crippen LogP contribution in [0.15, 0.2) is 113 Å². The minimum Gasteiger partial charge on any atom is -0.321 e. The Kier molecular flexibility index (Phi) is 10.7. The SMILES string of the molecule is Cc1ccccc1/C=C(\NC(=O)c1ccccc1)C(=O)Nc1cccc(SCC(=O)Nc2nc(-c3ccc(Cl)c(Cl)c3)cs2)c1. The summed E-state index contributed by atoms with van der Waals surface area (Å²) < 4.78 is 0. The van der Waals surface area contributed by atoms with Crippen molar-refractivity contribution in [2.75, 3.05) is 16.4 Å². The summed E-state index contributed by atoms with van der Waals surface area (Å²) in [5, 5.41) is 11.6. The summed E-state index contributed by atoms with van der Waals surface area (Å²) in [6.45, 7) is 1.93. The molecule has 0 aliphatic heterocycles. The highest BCUT2D eigenvalue weighted by molar-refractivity contribution is 8.00. The van der Waals surface area contributed by atoms with Crippen molar-refractivity contribution in [1.82, 2.24) is 10.3 Å². The molecule has 3 N–H and O–H groups in total. The van der Waals surface area contributed by atoms with Crippen LogP contribution in [0, 0.1) is 6.92 Å². The van der Waals surface area contributed by atoms with E-state index in [1.54, 1.807) is 60.7 Å². The second-order valence-corrected chi connectivity index (χ2v) is 12.4. The van der Waals surface area contributed by atoms with Crippen molar-refractivity contribution < 1.29 is 14.4 Å². The number of aromatic nitrogens is 1. The molecule has 5 rings (SSSR count). The number of nitrogens with zero attached hydrogens (tertiary/aromatic N) is 1. The number of anilines is 2. The van der Waals surface area contributed by atoms with Crippen molar-refractivity contribution >= 4 is 80.9 Å². The lowest BCUT2D eigenvalue weighted by molar-refractivity contribution is -0.114. The Morgan fingerprint density at radius 2 is 1.64 bits per heavy atom. The number of thioether (sulfide) groups is 1. The van der Waals surface area contributed by atoms with Gasteiger partial charge in [-0.2, -0.15) is 0 Å². The third kappa shape index (κ3) is 8.83. The molecule has 0 radical (unpaired) electrons. The summed E-state index contributed by atoms with van der Waals surface area (Å²) in [6, 6.07) is 28.7. The molecule has 0 atom stereocenters. The van der Waals surface area contributed by atoms with E-state index in [0.717, 1.165) is 21.6 Å². The lowest BCUT2D eigenvalue weighted by Crippen LogP contribution is -2.30. The van der Waals surface area contributed by atoms with Crippen LogP contribution in [-0.2, 0) is 9.59 Å². The second kappa shape index (κ2) is 15.0. The van der Waals surface area contributed by atoms with Crippen LogP contribution >= 0.6 is 46.3 Å². The van der Waals surface area contributed by atoms with Crippen molar-refractivity contribution in [3.05, 3.63) is 135 Å². The molecule has 1 heterocycles. The zero-order chi connectivity index (χ0) is 31.8. The number of halogens is 2. The van der Waals surface area contributed by atoms with Gasteiger partial charge in [0.05, 0.1) is 21.5 Å². The van der Waals surface area contributed by atoms with Gasteiger partial charge >= 0.3 is 0 Å². The van der Waals surface area contributed by atoms with Gasteiger partial charge in [-0.3, -0.25) is 14.4 Å². The minimum atomic E-state index is -0.482. The lowest BCUT2D eigenvalue weighted by atomic mass is 10.1. The summed E-state index contributed by atoms with van der Waals surface area (Å²) in [5.41, 5.74) is 4.28. The van der Waals surface area contributed by atoms with Crippen LogP contribution in [0.1, 0.15) is 21.5 Å². The zero-order valence-electron chi connectivity index (χ0n) is 23.8. The molecular formula is C34H26Cl2N4O3S2. The van der Waals surface area contributed by atoms with Gasteiger partial charge in [-0.15, -0.1) is 23.1 Å². The maximum Gasteiger partial charge on any atom is 0.272 e. The average Bonchev–Trinajstić information content (AvgIpc) is 3.51. The quantitative estimate of drug-likeness (QED) is 0.102. The van der Waals surface area contributed by atoms with Gasteiger partial charge in [0.2, 0.25) is 5.91 Å². The molecular weight excluding hydrogens is 647 g/mol. The number of rotatable bonds is 10. The largest absolute Gasteiger partial charge is 0.321 e. The Morgan fingerprint density at radius 3 is 2.42 bits per heavy atom. The van der Waals surface area contributed by atoms with Gasteiger partial charge in [-0.1, -0.05) is 77.8 Å². The molecule has 3 amide bonds. The van der Waals surface area contributed by atoms with Crippen molar-refractivity contribution in [2.45, 2.75) is 11.8 Å².